The normalized spacial score (nSPS) is 10.5. The van der Waals surface area contributed by atoms with Crippen LogP contribution in [0.1, 0.15) is 11.1 Å². The topological polar surface area (TPSA) is 27.8 Å². The third-order valence-corrected chi connectivity index (χ3v) is 3.68. The molecule has 0 spiro atoms. The van der Waals surface area contributed by atoms with Crippen molar-refractivity contribution in [2.75, 3.05) is 13.1 Å². The van der Waals surface area contributed by atoms with Crippen LogP contribution in [-0.4, -0.2) is 18.1 Å². The van der Waals surface area contributed by atoms with Gasteiger partial charge < -0.3 is 10.3 Å². The molecule has 3 rings (SSSR count). The molecule has 0 bridgehead atoms. The maximum atomic E-state index is 3.52. The zero-order valence-corrected chi connectivity index (χ0v) is 12.8. The van der Waals surface area contributed by atoms with Crippen molar-refractivity contribution in [3.8, 4) is 0 Å². The second-order valence-corrected chi connectivity index (χ2v) is 5.10. The van der Waals surface area contributed by atoms with Crippen LogP contribution in [0, 0.1) is 0 Å². The van der Waals surface area contributed by atoms with Crippen LogP contribution in [-0.2, 0) is 12.8 Å². The van der Waals surface area contributed by atoms with Crippen LogP contribution in [0.3, 0.4) is 0 Å². The summed E-state index contributed by atoms with van der Waals surface area (Å²) in [7, 11) is 0. The molecule has 0 radical (unpaired) electrons. The minimum Gasteiger partial charge on any atom is -0.361 e. The van der Waals surface area contributed by atoms with Crippen molar-refractivity contribution in [3.63, 3.8) is 0 Å². The molecule has 0 atom stereocenters. The number of hydrogen-bond acceptors (Lipinski definition) is 1. The van der Waals surface area contributed by atoms with Crippen LogP contribution in [0.15, 0.2) is 60.8 Å². The molecule has 2 N–H and O–H groups in total. The van der Waals surface area contributed by atoms with Gasteiger partial charge in [-0.25, -0.2) is 0 Å². The van der Waals surface area contributed by atoms with E-state index in [0.29, 0.717) is 0 Å². The van der Waals surface area contributed by atoms with E-state index in [1.165, 1.54) is 22.0 Å². The third kappa shape index (κ3) is 4.10. The second kappa shape index (κ2) is 7.87. The van der Waals surface area contributed by atoms with Gasteiger partial charge in [-0.2, -0.15) is 0 Å². The second-order valence-electron chi connectivity index (χ2n) is 5.10. The highest BCUT2D eigenvalue weighted by Crippen LogP contribution is 2.17. The maximum Gasteiger partial charge on any atom is 0.0456 e. The lowest BCUT2D eigenvalue weighted by Crippen LogP contribution is -2.20. The minimum absolute atomic E-state index is 0. The zero-order chi connectivity index (χ0) is 13.6. The van der Waals surface area contributed by atoms with Gasteiger partial charge in [0.2, 0.25) is 0 Å². The van der Waals surface area contributed by atoms with E-state index in [9.17, 15) is 0 Å². The van der Waals surface area contributed by atoms with Gasteiger partial charge in [0.25, 0.3) is 0 Å². The van der Waals surface area contributed by atoms with Crippen molar-refractivity contribution < 1.29 is 0 Å². The average Bonchev–Trinajstić information content (AvgIpc) is 2.91. The third-order valence-electron chi connectivity index (χ3n) is 3.68. The molecule has 0 amide bonds. The monoisotopic (exact) mass is 300 g/mol. The van der Waals surface area contributed by atoms with Gasteiger partial charge in [-0.3, -0.25) is 0 Å². The summed E-state index contributed by atoms with van der Waals surface area (Å²) < 4.78 is 0. The number of fused-ring (bicyclic) bond motifs is 1. The molecule has 3 aromatic rings. The van der Waals surface area contributed by atoms with Crippen LogP contribution in [0.25, 0.3) is 10.9 Å². The first-order chi connectivity index (χ1) is 9.93. The number of rotatable bonds is 6. The summed E-state index contributed by atoms with van der Waals surface area (Å²) in [6.45, 7) is 2.06. The predicted octanol–water partition coefficient (Wildman–Crippen LogP) is 3.96. The Bertz CT molecular complexity index is 661. The van der Waals surface area contributed by atoms with E-state index in [0.717, 1.165) is 25.9 Å². The summed E-state index contributed by atoms with van der Waals surface area (Å²) in [5, 5.41) is 4.87. The lowest BCUT2D eigenvalue weighted by molar-refractivity contribution is 0.683. The molecule has 0 saturated heterocycles. The van der Waals surface area contributed by atoms with Gasteiger partial charge in [0.05, 0.1) is 0 Å². The Balaban J connectivity index is 0.00000161. The largest absolute Gasteiger partial charge is 0.361 e. The molecule has 3 heteroatoms. The molecule has 0 unspecified atom stereocenters. The average molecular weight is 301 g/mol. The summed E-state index contributed by atoms with van der Waals surface area (Å²) in [5.74, 6) is 0. The SMILES string of the molecule is Cl.c1ccc(CCNCCc2c[nH]c3ccccc23)cc1. The van der Waals surface area contributed by atoms with Crippen molar-refractivity contribution in [3.05, 3.63) is 71.9 Å². The molecule has 0 saturated carbocycles. The molecule has 0 aliphatic heterocycles. The first-order valence-corrected chi connectivity index (χ1v) is 7.23. The van der Waals surface area contributed by atoms with Gasteiger partial charge >= 0.3 is 0 Å². The van der Waals surface area contributed by atoms with Crippen LogP contribution in [0.5, 0.6) is 0 Å². The quantitative estimate of drug-likeness (QED) is 0.663. The van der Waals surface area contributed by atoms with Crippen molar-refractivity contribution in [2.24, 2.45) is 0 Å². The number of aromatic nitrogens is 1. The maximum absolute atomic E-state index is 3.52. The van der Waals surface area contributed by atoms with E-state index in [1.54, 1.807) is 0 Å². The highest BCUT2D eigenvalue weighted by molar-refractivity contribution is 5.85. The van der Waals surface area contributed by atoms with Crippen LogP contribution >= 0.6 is 12.4 Å². The van der Waals surface area contributed by atoms with Crippen molar-refractivity contribution in [1.82, 2.24) is 10.3 Å². The fourth-order valence-corrected chi connectivity index (χ4v) is 2.56. The smallest absolute Gasteiger partial charge is 0.0456 e. The Morgan fingerprint density at radius 2 is 1.52 bits per heavy atom. The predicted molar refractivity (Wildman–Crippen MR) is 92.3 cm³/mol. The molecule has 1 aromatic heterocycles. The first-order valence-electron chi connectivity index (χ1n) is 7.23. The van der Waals surface area contributed by atoms with Gasteiger partial charge in [0.1, 0.15) is 0 Å². The number of benzene rings is 2. The molecular weight excluding hydrogens is 280 g/mol. The molecule has 2 aromatic carbocycles. The highest BCUT2D eigenvalue weighted by atomic mass is 35.5. The molecule has 110 valence electrons. The number of nitrogens with one attached hydrogen (secondary N) is 2. The Hall–Kier alpha value is -1.77. The van der Waals surface area contributed by atoms with E-state index < -0.39 is 0 Å². The first kappa shape index (κ1) is 15.6. The summed E-state index contributed by atoms with van der Waals surface area (Å²) in [4.78, 5) is 3.33. The van der Waals surface area contributed by atoms with Crippen LogP contribution in [0.4, 0.5) is 0 Å². The minimum atomic E-state index is 0. The fourth-order valence-electron chi connectivity index (χ4n) is 2.56. The summed E-state index contributed by atoms with van der Waals surface area (Å²) >= 11 is 0. The van der Waals surface area contributed by atoms with Crippen molar-refractivity contribution >= 4 is 23.3 Å². The van der Waals surface area contributed by atoms with E-state index in [1.807, 2.05) is 0 Å². The molecule has 21 heavy (non-hydrogen) atoms. The van der Waals surface area contributed by atoms with E-state index in [2.05, 4.69) is 71.1 Å². The number of H-pyrrole nitrogens is 1. The van der Waals surface area contributed by atoms with Crippen LogP contribution < -0.4 is 5.32 Å². The molecule has 2 nitrogen and oxygen atoms in total. The van der Waals surface area contributed by atoms with Gasteiger partial charge in [-0.15, -0.1) is 12.4 Å². The number of aromatic amines is 1. The summed E-state index contributed by atoms with van der Waals surface area (Å²) in [6.07, 6.45) is 4.29. The van der Waals surface area contributed by atoms with E-state index >= 15 is 0 Å². The molecule has 0 aliphatic rings. The molecule has 0 fully saturated rings. The Morgan fingerprint density at radius 1 is 0.810 bits per heavy atom. The number of halogens is 1. The van der Waals surface area contributed by atoms with E-state index in [4.69, 9.17) is 0 Å². The van der Waals surface area contributed by atoms with Crippen molar-refractivity contribution in [2.45, 2.75) is 12.8 Å². The fraction of sp³-hybridized carbons (Fsp3) is 0.222. The summed E-state index contributed by atoms with van der Waals surface area (Å²) in [5.41, 5.74) is 4.02. The van der Waals surface area contributed by atoms with E-state index in [-0.39, 0.29) is 12.4 Å². The lowest BCUT2D eigenvalue weighted by atomic mass is 10.1. The number of hydrogen-bond donors (Lipinski definition) is 2. The highest BCUT2D eigenvalue weighted by Gasteiger charge is 2.01. The summed E-state index contributed by atoms with van der Waals surface area (Å²) in [6, 6.07) is 19.1. The number of para-hydroxylation sites is 1. The van der Waals surface area contributed by atoms with Gasteiger partial charge in [0, 0.05) is 17.1 Å². The van der Waals surface area contributed by atoms with Gasteiger partial charge in [0.15, 0.2) is 0 Å². The molecular formula is C18H21ClN2. The Morgan fingerprint density at radius 3 is 2.38 bits per heavy atom. The Kier molecular flexibility index (Phi) is 5.85. The van der Waals surface area contributed by atoms with Gasteiger partial charge in [-0.1, -0.05) is 48.5 Å². The molecule has 0 aliphatic carbocycles. The Labute approximate surface area is 132 Å². The zero-order valence-electron chi connectivity index (χ0n) is 12.0. The van der Waals surface area contributed by atoms with Crippen LogP contribution in [0.2, 0.25) is 0 Å². The lowest BCUT2D eigenvalue weighted by Gasteiger charge is -2.04. The van der Waals surface area contributed by atoms with Gasteiger partial charge in [-0.05, 0) is 43.1 Å². The molecule has 1 heterocycles. The standard InChI is InChI=1S/C18H20N2.ClH/c1-2-6-15(7-3-1)10-12-19-13-11-16-14-20-18-9-5-4-8-17(16)18;/h1-9,14,19-20H,10-13H2;1H. The van der Waals surface area contributed by atoms with Crippen molar-refractivity contribution in [1.29, 1.82) is 0 Å².